The summed E-state index contributed by atoms with van der Waals surface area (Å²) >= 11 is 6.17. The monoisotopic (exact) mass is 351 g/mol. The summed E-state index contributed by atoms with van der Waals surface area (Å²) < 4.78 is 0. The highest BCUT2D eigenvalue weighted by atomic mass is 35.5. The number of benzene rings is 1. The number of hydrogen-bond donors (Lipinski definition) is 2. The third-order valence-electron chi connectivity index (χ3n) is 3.71. The van der Waals surface area contributed by atoms with E-state index in [-0.39, 0.29) is 24.4 Å². The molecule has 2 heterocycles. The molecule has 1 aromatic heterocycles. The van der Waals surface area contributed by atoms with Crippen LogP contribution in [0.2, 0.25) is 5.15 Å². The van der Waals surface area contributed by atoms with Crippen molar-refractivity contribution in [3.8, 4) is 0 Å². The number of amides is 1. The van der Waals surface area contributed by atoms with Gasteiger partial charge in [-0.25, -0.2) is 10.4 Å². The van der Waals surface area contributed by atoms with Crippen molar-refractivity contribution < 1.29 is 17.2 Å². The lowest BCUT2D eigenvalue weighted by molar-refractivity contribution is -0.122. The second kappa shape index (κ2) is 7.73. The fourth-order valence-corrected chi connectivity index (χ4v) is 2.71. The largest absolute Gasteiger partial charge is 1.00 e. The molecule has 1 aromatic carbocycles. The van der Waals surface area contributed by atoms with Gasteiger partial charge in [0.05, 0.1) is 17.8 Å². The highest BCUT2D eigenvalue weighted by molar-refractivity contribution is 6.32. The first-order valence-electron chi connectivity index (χ1n) is 7.27. The fraction of sp³-hybridized carbons (Fsp3) is 0.312. The van der Waals surface area contributed by atoms with Crippen LogP contribution in [-0.2, 0) is 4.79 Å². The lowest BCUT2D eigenvalue weighted by Gasteiger charge is -2.07. The summed E-state index contributed by atoms with van der Waals surface area (Å²) in [6, 6.07) is 7.76. The molecule has 1 aliphatic heterocycles. The first-order valence-corrected chi connectivity index (χ1v) is 7.64. The van der Waals surface area contributed by atoms with E-state index >= 15 is 0 Å². The van der Waals surface area contributed by atoms with E-state index in [1.54, 1.807) is 0 Å². The van der Waals surface area contributed by atoms with Crippen molar-refractivity contribution in [3.63, 3.8) is 0 Å². The molecule has 1 saturated heterocycles. The topological polar surface area (TPSA) is 66.4 Å². The quantitative estimate of drug-likeness (QED) is 0.441. The van der Waals surface area contributed by atoms with Crippen LogP contribution >= 0.6 is 11.6 Å². The van der Waals surface area contributed by atoms with Gasteiger partial charge in [-0.05, 0) is 44.0 Å². The molecule has 0 bridgehead atoms. The van der Waals surface area contributed by atoms with Crippen LogP contribution in [0.1, 0.15) is 24.0 Å². The number of nitrogens with one attached hydrogen (secondary N) is 2. The number of nitrogens with zero attached hydrogens (tertiary/aromatic N) is 2. The van der Waals surface area contributed by atoms with Gasteiger partial charge in [0.1, 0.15) is 5.15 Å². The van der Waals surface area contributed by atoms with E-state index in [4.69, 9.17) is 11.6 Å². The van der Waals surface area contributed by atoms with Crippen LogP contribution in [0, 0.1) is 6.92 Å². The predicted octanol–water partition coefficient (Wildman–Crippen LogP) is -0.597. The zero-order chi connectivity index (χ0) is 15.5. The normalized spacial score (nSPS) is 17.4. The number of hydrogen-bond acceptors (Lipinski definition) is 4. The van der Waals surface area contributed by atoms with Crippen molar-refractivity contribution in [3.05, 3.63) is 40.5 Å². The third-order valence-corrected chi connectivity index (χ3v) is 4.01. The molecule has 122 valence electrons. The van der Waals surface area contributed by atoms with E-state index < -0.39 is 0 Å². The van der Waals surface area contributed by atoms with Crippen LogP contribution in [0.3, 0.4) is 0 Å². The van der Waals surface area contributed by atoms with Crippen molar-refractivity contribution in [2.24, 2.45) is 5.10 Å². The summed E-state index contributed by atoms with van der Waals surface area (Å²) in [6.45, 7) is 2.89. The number of fused-ring (bicyclic) bond motifs is 1. The number of carbonyl (C=O) groups excluding carboxylic acids is 1. The van der Waals surface area contributed by atoms with Gasteiger partial charge in [0, 0.05) is 10.9 Å². The van der Waals surface area contributed by atoms with Gasteiger partial charge in [-0.1, -0.05) is 23.7 Å². The van der Waals surface area contributed by atoms with E-state index in [9.17, 15) is 4.79 Å². The van der Waals surface area contributed by atoms with Gasteiger partial charge < -0.3 is 17.7 Å². The molecule has 1 fully saturated rings. The van der Waals surface area contributed by atoms with Crippen molar-refractivity contribution >= 4 is 34.6 Å². The standard InChI is InChI=1S/C16H17ClN4O.ClH/c1-10-4-5-11-8-12(15(17)20-14(11)7-10)9-19-21-16(22)13-3-2-6-18-13;/h4-5,7-9,13,18H,2-3,6H2,1H3,(H,21,22);1H/p-1/t13-;/m0./s1. The van der Waals surface area contributed by atoms with Gasteiger partial charge in [-0.15, -0.1) is 0 Å². The van der Waals surface area contributed by atoms with E-state index in [0.29, 0.717) is 10.7 Å². The van der Waals surface area contributed by atoms with E-state index in [0.717, 1.165) is 35.9 Å². The SMILES string of the molecule is Cc1ccc2cc(C=NNC(=O)[C@@H]3CCCN3)c(Cl)nc2c1.[Cl-]. The van der Waals surface area contributed by atoms with Crippen molar-refractivity contribution in [1.82, 2.24) is 15.7 Å². The Bertz CT molecular complexity index is 742. The molecular formula is C16H17Cl2N4O-. The van der Waals surface area contributed by atoms with E-state index in [1.807, 2.05) is 31.2 Å². The first kappa shape index (κ1) is 17.7. The van der Waals surface area contributed by atoms with Crippen LogP contribution in [0.5, 0.6) is 0 Å². The lowest BCUT2D eigenvalue weighted by atomic mass is 10.1. The summed E-state index contributed by atoms with van der Waals surface area (Å²) in [5, 5.41) is 8.46. The molecule has 23 heavy (non-hydrogen) atoms. The average Bonchev–Trinajstić information content (AvgIpc) is 3.02. The molecule has 3 rings (SSSR count). The van der Waals surface area contributed by atoms with Gasteiger partial charge in [-0.2, -0.15) is 5.10 Å². The molecule has 1 atom stereocenters. The van der Waals surface area contributed by atoms with E-state index in [1.165, 1.54) is 6.21 Å². The minimum atomic E-state index is -0.148. The van der Waals surface area contributed by atoms with Crippen LogP contribution < -0.4 is 23.1 Å². The van der Waals surface area contributed by atoms with E-state index in [2.05, 4.69) is 20.8 Å². The Labute approximate surface area is 145 Å². The third kappa shape index (κ3) is 4.19. The van der Waals surface area contributed by atoms with Crippen LogP contribution in [0.15, 0.2) is 29.4 Å². The summed E-state index contributed by atoms with van der Waals surface area (Å²) in [4.78, 5) is 16.2. The minimum absolute atomic E-state index is 0. The van der Waals surface area contributed by atoms with Crippen LogP contribution in [0.25, 0.3) is 10.9 Å². The number of hydrazone groups is 1. The number of aromatic nitrogens is 1. The molecule has 0 aliphatic carbocycles. The highest BCUT2D eigenvalue weighted by Crippen LogP contribution is 2.20. The molecule has 0 saturated carbocycles. The maximum absolute atomic E-state index is 11.8. The van der Waals surface area contributed by atoms with Crippen LogP contribution in [-0.4, -0.2) is 29.7 Å². The number of carbonyl (C=O) groups is 1. The molecule has 0 radical (unpaired) electrons. The maximum Gasteiger partial charge on any atom is 0.257 e. The van der Waals surface area contributed by atoms with Gasteiger partial charge in [0.2, 0.25) is 0 Å². The van der Waals surface area contributed by atoms with Gasteiger partial charge in [0.25, 0.3) is 5.91 Å². The lowest BCUT2D eigenvalue weighted by Crippen LogP contribution is -3.00. The Hall–Kier alpha value is -1.69. The molecule has 2 aromatic rings. The molecule has 7 heteroatoms. The summed E-state index contributed by atoms with van der Waals surface area (Å²) in [5.41, 5.74) is 5.20. The Morgan fingerprint density at radius 1 is 1.48 bits per heavy atom. The number of halogens is 2. The number of pyridine rings is 1. The Balaban J connectivity index is 0.00000192. The van der Waals surface area contributed by atoms with Crippen LogP contribution in [0.4, 0.5) is 0 Å². The molecule has 1 amide bonds. The molecule has 1 aliphatic rings. The summed E-state index contributed by atoms with van der Waals surface area (Å²) in [6.07, 6.45) is 3.39. The first-order chi connectivity index (χ1) is 10.6. The molecule has 2 N–H and O–H groups in total. The van der Waals surface area contributed by atoms with Gasteiger partial charge >= 0.3 is 0 Å². The number of aryl methyl sites for hydroxylation is 1. The molecule has 0 spiro atoms. The Morgan fingerprint density at radius 2 is 2.30 bits per heavy atom. The molecular weight excluding hydrogens is 335 g/mol. The Kier molecular flexibility index (Phi) is 5.93. The smallest absolute Gasteiger partial charge is 0.257 e. The van der Waals surface area contributed by atoms with Crippen molar-refractivity contribution in [2.75, 3.05) is 6.54 Å². The fourth-order valence-electron chi connectivity index (χ4n) is 2.51. The minimum Gasteiger partial charge on any atom is -1.00 e. The molecule has 0 unspecified atom stereocenters. The maximum atomic E-state index is 11.8. The van der Waals surface area contributed by atoms with Gasteiger partial charge in [0.15, 0.2) is 0 Å². The Morgan fingerprint density at radius 3 is 3.04 bits per heavy atom. The van der Waals surface area contributed by atoms with Crippen molar-refractivity contribution in [2.45, 2.75) is 25.8 Å². The number of rotatable bonds is 3. The van der Waals surface area contributed by atoms with Crippen molar-refractivity contribution in [1.29, 1.82) is 0 Å². The zero-order valence-electron chi connectivity index (χ0n) is 12.6. The van der Waals surface area contributed by atoms with Gasteiger partial charge in [-0.3, -0.25) is 4.79 Å². The average molecular weight is 352 g/mol. The second-order valence-electron chi connectivity index (χ2n) is 5.45. The summed E-state index contributed by atoms with van der Waals surface area (Å²) in [7, 11) is 0. The predicted molar refractivity (Wildman–Crippen MR) is 88.3 cm³/mol. The highest BCUT2D eigenvalue weighted by Gasteiger charge is 2.21. The summed E-state index contributed by atoms with van der Waals surface area (Å²) in [5.74, 6) is -0.116. The molecule has 5 nitrogen and oxygen atoms in total. The second-order valence-corrected chi connectivity index (χ2v) is 5.81. The zero-order valence-corrected chi connectivity index (χ0v) is 14.2.